The van der Waals surface area contributed by atoms with Crippen LogP contribution in [-0.2, 0) is 16.4 Å². The minimum atomic E-state index is -3.35. The van der Waals surface area contributed by atoms with Gasteiger partial charge in [0.1, 0.15) is 0 Å². The molecule has 2 aromatic carbocycles. The number of ether oxygens (including phenoxy) is 1. The number of carbonyl (C=O) groups excluding carboxylic acids is 1. The second-order valence-corrected chi connectivity index (χ2v) is 8.89. The SMILES string of the molecule is CS(=O)(=O)N1CCCc2cc(C(=O)COc3ccc(Br)cc3F)ccc21. The van der Waals surface area contributed by atoms with Crippen LogP contribution in [0, 0.1) is 5.82 Å². The lowest BCUT2D eigenvalue weighted by Crippen LogP contribution is -2.34. The lowest BCUT2D eigenvalue weighted by Gasteiger charge is -2.29. The zero-order valence-corrected chi connectivity index (χ0v) is 16.4. The van der Waals surface area contributed by atoms with Crippen LogP contribution in [0.5, 0.6) is 5.75 Å². The van der Waals surface area contributed by atoms with Crippen LogP contribution in [0.15, 0.2) is 40.9 Å². The van der Waals surface area contributed by atoms with Gasteiger partial charge < -0.3 is 4.74 Å². The molecule has 0 aliphatic carbocycles. The molecule has 0 spiro atoms. The van der Waals surface area contributed by atoms with E-state index in [1.165, 1.54) is 22.7 Å². The van der Waals surface area contributed by atoms with Crippen molar-refractivity contribution in [1.29, 1.82) is 0 Å². The summed E-state index contributed by atoms with van der Waals surface area (Å²) in [5.41, 5.74) is 1.83. The maximum absolute atomic E-state index is 13.8. The third-order valence-corrected chi connectivity index (χ3v) is 5.80. The van der Waals surface area contributed by atoms with Gasteiger partial charge in [0.05, 0.1) is 11.9 Å². The number of halogens is 2. The number of carbonyl (C=O) groups is 1. The van der Waals surface area contributed by atoms with Gasteiger partial charge in [-0.05, 0) is 54.8 Å². The van der Waals surface area contributed by atoms with Gasteiger partial charge in [-0.3, -0.25) is 9.10 Å². The molecule has 0 amide bonds. The van der Waals surface area contributed by atoms with E-state index in [1.54, 1.807) is 24.3 Å². The molecule has 0 saturated heterocycles. The lowest BCUT2D eigenvalue weighted by molar-refractivity contribution is 0.0918. The number of benzene rings is 2. The third-order valence-electron chi connectivity index (χ3n) is 4.13. The topological polar surface area (TPSA) is 63.7 Å². The van der Waals surface area contributed by atoms with Crippen LogP contribution < -0.4 is 9.04 Å². The van der Waals surface area contributed by atoms with Gasteiger partial charge in [0, 0.05) is 16.6 Å². The molecule has 5 nitrogen and oxygen atoms in total. The standard InChI is InChI=1S/C18H17BrFNO4S/c1-26(23,24)21-8-2-3-12-9-13(4-6-16(12)21)17(22)11-25-18-7-5-14(19)10-15(18)20/h4-7,9-10H,2-3,8,11H2,1H3. The van der Waals surface area contributed by atoms with E-state index in [1.807, 2.05) is 0 Å². The summed E-state index contributed by atoms with van der Waals surface area (Å²) in [4.78, 5) is 12.4. The third kappa shape index (κ3) is 4.07. The average molecular weight is 442 g/mol. The Morgan fingerprint density at radius 2 is 2.04 bits per heavy atom. The highest BCUT2D eigenvalue weighted by Gasteiger charge is 2.24. The Morgan fingerprint density at radius 3 is 2.73 bits per heavy atom. The van der Waals surface area contributed by atoms with Crippen LogP contribution >= 0.6 is 15.9 Å². The number of rotatable bonds is 5. The first-order chi connectivity index (χ1) is 12.3. The Bertz CT molecular complexity index is 962. The zero-order chi connectivity index (χ0) is 18.9. The predicted molar refractivity (Wildman–Crippen MR) is 101 cm³/mol. The molecule has 8 heteroatoms. The van der Waals surface area contributed by atoms with E-state index in [4.69, 9.17) is 4.74 Å². The van der Waals surface area contributed by atoms with Crippen LogP contribution in [-0.4, -0.2) is 33.6 Å². The highest BCUT2D eigenvalue weighted by atomic mass is 79.9. The van der Waals surface area contributed by atoms with Gasteiger partial charge in [0.2, 0.25) is 10.0 Å². The fourth-order valence-corrected chi connectivity index (χ4v) is 4.23. The summed E-state index contributed by atoms with van der Waals surface area (Å²) < 4.78 is 44.7. The van der Waals surface area contributed by atoms with Gasteiger partial charge in [-0.15, -0.1) is 0 Å². The molecule has 0 unspecified atom stereocenters. The van der Waals surface area contributed by atoms with Crippen molar-refractivity contribution < 1.29 is 22.3 Å². The molecule has 1 aliphatic heterocycles. The number of hydrogen-bond acceptors (Lipinski definition) is 4. The number of hydrogen-bond donors (Lipinski definition) is 0. The van der Waals surface area contributed by atoms with Gasteiger partial charge in [-0.1, -0.05) is 15.9 Å². The average Bonchev–Trinajstić information content (AvgIpc) is 2.59. The van der Waals surface area contributed by atoms with Crippen LogP contribution in [0.25, 0.3) is 0 Å². The zero-order valence-electron chi connectivity index (χ0n) is 14.0. The van der Waals surface area contributed by atoms with Crippen molar-refractivity contribution in [2.24, 2.45) is 0 Å². The highest BCUT2D eigenvalue weighted by Crippen LogP contribution is 2.30. The smallest absolute Gasteiger partial charge is 0.232 e. The molecule has 2 aromatic rings. The Hall–Kier alpha value is -1.93. The van der Waals surface area contributed by atoms with E-state index in [-0.39, 0.29) is 18.1 Å². The van der Waals surface area contributed by atoms with Crippen LogP contribution in [0.1, 0.15) is 22.3 Å². The molecule has 0 radical (unpaired) electrons. The molecule has 1 aliphatic rings. The molecule has 138 valence electrons. The molecule has 0 fully saturated rings. The van der Waals surface area contributed by atoms with Crippen LogP contribution in [0.3, 0.4) is 0 Å². The Morgan fingerprint density at radius 1 is 1.27 bits per heavy atom. The quantitative estimate of drug-likeness (QED) is 0.665. The summed E-state index contributed by atoms with van der Waals surface area (Å²) in [5.74, 6) is -0.851. The van der Waals surface area contributed by atoms with Gasteiger partial charge in [0.15, 0.2) is 24.0 Å². The van der Waals surface area contributed by atoms with Crippen molar-refractivity contribution in [1.82, 2.24) is 0 Å². The van der Waals surface area contributed by atoms with Gasteiger partial charge in [-0.25, -0.2) is 12.8 Å². The van der Waals surface area contributed by atoms with Crippen molar-refractivity contribution in [2.45, 2.75) is 12.8 Å². The van der Waals surface area contributed by atoms with Crippen molar-refractivity contribution in [3.8, 4) is 5.75 Å². The maximum atomic E-state index is 13.8. The first kappa shape index (κ1) is 18.8. The Kier molecular flexibility index (Phi) is 5.34. The summed E-state index contributed by atoms with van der Waals surface area (Å²) in [6, 6.07) is 9.24. The van der Waals surface area contributed by atoms with Gasteiger partial charge in [-0.2, -0.15) is 0 Å². The fraction of sp³-hybridized carbons (Fsp3) is 0.278. The number of sulfonamides is 1. The summed E-state index contributed by atoms with van der Waals surface area (Å²) in [6.45, 7) is 0.137. The summed E-state index contributed by atoms with van der Waals surface area (Å²) in [6.07, 6.45) is 2.56. The van der Waals surface area contributed by atoms with E-state index < -0.39 is 15.8 Å². The number of nitrogens with zero attached hydrogens (tertiary/aromatic N) is 1. The van der Waals surface area contributed by atoms with Crippen molar-refractivity contribution >= 4 is 37.4 Å². The van der Waals surface area contributed by atoms with E-state index in [0.29, 0.717) is 35.1 Å². The molecule has 0 saturated carbocycles. The number of Topliss-reactive ketones (excluding diaryl/α,β-unsaturated/α-hetero) is 1. The fourth-order valence-electron chi connectivity index (χ4n) is 2.90. The monoisotopic (exact) mass is 441 g/mol. The highest BCUT2D eigenvalue weighted by molar-refractivity contribution is 9.10. The normalized spacial score (nSPS) is 14.0. The van der Waals surface area contributed by atoms with E-state index >= 15 is 0 Å². The van der Waals surface area contributed by atoms with Crippen molar-refractivity contribution in [3.63, 3.8) is 0 Å². The molecule has 0 N–H and O–H groups in total. The van der Waals surface area contributed by atoms with E-state index in [0.717, 1.165) is 5.56 Å². The summed E-state index contributed by atoms with van der Waals surface area (Å²) in [5, 5.41) is 0. The van der Waals surface area contributed by atoms with Crippen LogP contribution in [0.2, 0.25) is 0 Å². The molecule has 26 heavy (non-hydrogen) atoms. The van der Waals surface area contributed by atoms with Crippen molar-refractivity contribution in [2.75, 3.05) is 23.7 Å². The molecule has 0 aromatic heterocycles. The van der Waals surface area contributed by atoms with Crippen molar-refractivity contribution in [3.05, 3.63) is 57.8 Å². The first-order valence-electron chi connectivity index (χ1n) is 7.97. The number of anilines is 1. The number of ketones is 1. The molecule has 3 rings (SSSR count). The lowest BCUT2D eigenvalue weighted by atomic mass is 9.99. The Labute approximate surface area is 160 Å². The molecular formula is C18H17BrFNO4S. The second-order valence-electron chi connectivity index (χ2n) is 6.07. The molecule has 1 heterocycles. The minimum Gasteiger partial charge on any atom is -0.482 e. The second kappa shape index (κ2) is 7.36. The maximum Gasteiger partial charge on any atom is 0.232 e. The van der Waals surface area contributed by atoms with Crippen LogP contribution in [0.4, 0.5) is 10.1 Å². The predicted octanol–water partition coefficient (Wildman–Crippen LogP) is 3.56. The number of fused-ring (bicyclic) bond motifs is 1. The number of aryl methyl sites for hydroxylation is 1. The molecule has 0 atom stereocenters. The van der Waals surface area contributed by atoms with E-state index in [2.05, 4.69) is 15.9 Å². The van der Waals surface area contributed by atoms with E-state index in [9.17, 15) is 17.6 Å². The minimum absolute atomic E-state index is 0.00256. The molecular weight excluding hydrogens is 425 g/mol. The van der Waals surface area contributed by atoms with Gasteiger partial charge in [0.25, 0.3) is 0 Å². The summed E-state index contributed by atoms with van der Waals surface area (Å²) in [7, 11) is -3.35. The summed E-state index contributed by atoms with van der Waals surface area (Å²) >= 11 is 3.16. The molecule has 0 bridgehead atoms. The largest absolute Gasteiger partial charge is 0.482 e. The Balaban J connectivity index is 1.76. The first-order valence-corrected chi connectivity index (χ1v) is 10.6. The van der Waals surface area contributed by atoms with Gasteiger partial charge >= 0.3 is 0 Å².